The molecule has 176 valence electrons. The molecule has 2 unspecified atom stereocenters. The van der Waals surface area contributed by atoms with Crippen LogP contribution in [-0.2, 0) is 28.6 Å². The van der Waals surface area contributed by atoms with Crippen molar-refractivity contribution in [2.45, 2.75) is 33.0 Å². The summed E-state index contributed by atoms with van der Waals surface area (Å²) in [4.78, 5) is 34.0. The van der Waals surface area contributed by atoms with Crippen LogP contribution in [-0.4, -0.2) is 36.2 Å². The van der Waals surface area contributed by atoms with Crippen LogP contribution in [0.2, 0.25) is 0 Å². The molecular weight excluding hydrogens is 424 g/mol. The van der Waals surface area contributed by atoms with Crippen molar-refractivity contribution >= 4 is 17.9 Å². The average Bonchev–Trinajstić information content (AvgIpc) is 2.83. The summed E-state index contributed by atoms with van der Waals surface area (Å²) in [5.41, 5.74) is 1.49. The fourth-order valence-corrected chi connectivity index (χ4v) is 2.64. The van der Waals surface area contributed by atoms with Crippen molar-refractivity contribution in [1.82, 2.24) is 0 Å². The van der Waals surface area contributed by atoms with Crippen molar-refractivity contribution in [2.24, 2.45) is 0 Å². The number of benzene rings is 2. The van der Waals surface area contributed by atoms with Crippen LogP contribution in [0.25, 0.3) is 0 Å². The molecule has 0 fully saturated rings. The highest BCUT2D eigenvalue weighted by Crippen LogP contribution is 2.25. The molecule has 7 nitrogen and oxygen atoms in total. The highest BCUT2D eigenvalue weighted by Gasteiger charge is 2.24. The van der Waals surface area contributed by atoms with Gasteiger partial charge in [0.15, 0.2) is 6.10 Å². The Morgan fingerprint density at radius 1 is 0.788 bits per heavy atom. The second kappa shape index (κ2) is 14.4. The van der Waals surface area contributed by atoms with Gasteiger partial charge in [0, 0.05) is 6.92 Å². The second-order valence-electron chi connectivity index (χ2n) is 6.70. The first-order chi connectivity index (χ1) is 15.7. The summed E-state index contributed by atoms with van der Waals surface area (Å²) in [5.74, 6) is -1.60. The summed E-state index contributed by atoms with van der Waals surface area (Å²) in [6.45, 7) is 12.4. The first-order valence-electron chi connectivity index (χ1n) is 10.4. The fraction of sp³-hybridized carbons (Fsp3) is 0.269. The van der Waals surface area contributed by atoms with Gasteiger partial charge in [0.05, 0.1) is 24.4 Å². The van der Waals surface area contributed by atoms with Crippen LogP contribution in [0.1, 0.15) is 44.1 Å². The maximum absolute atomic E-state index is 11.6. The summed E-state index contributed by atoms with van der Waals surface area (Å²) in [6, 6.07) is 17.8. The molecular formula is C26H30O7. The Morgan fingerprint density at radius 3 is 1.64 bits per heavy atom. The van der Waals surface area contributed by atoms with E-state index in [1.807, 2.05) is 12.1 Å². The number of hydrogen-bond donors (Lipinski definition) is 1. The Bertz CT molecular complexity index is 936. The first-order valence-corrected chi connectivity index (χ1v) is 10.4. The molecule has 0 saturated carbocycles. The molecule has 0 heterocycles. The van der Waals surface area contributed by atoms with E-state index in [4.69, 9.17) is 14.2 Å². The molecule has 0 aliphatic carbocycles. The number of aliphatic hydroxyl groups is 1. The fourth-order valence-electron chi connectivity index (χ4n) is 2.64. The topological polar surface area (TPSA) is 99.1 Å². The van der Waals surface area contributed by atoms with Crippen molar-refractivity contribution < 1.29 is 33.7 Å². The highest BCUT2D eigenvalue weighted by atomic mass is 16.6. The van der Waals surface area contributed by atoms with Crippen LogP contribution >= 0.6 is 0 Å². The zero-order valence-corrected chi connectivity index (χ0v) is 19.2. The van der Waals surface area contributed by atoms with E-state index in [1.165, 1.54) is 6.92 Å². The molecule has 0 aromatic heterocycles. The third-order valence-electron chi connectivity index (χ3n) is 4.22. The van der Waals surface area contributed by atoms with Crippen molar-refractivity contribution in [1.29, 1.82) is 0 Å². The van der Waals surface area contributed by atoms with Crippen molar-refractivity contribution in [3.05, 3.63) is 96.1 Å². The summed E-state index contributed by atoms with van der Waals surface area (Å²) in [5, 5.41) is 9.79. The Labute approximate surface area is 194 Å². The van der Waals surface area contributed by atoms with Crippen LogP contribution in [0.15, 0.2) is 85.0 Å². The Hall–Kier alpha value is -3.71. The molecule has 33 heavy (non-hydrogen) atoms. The van der Waals surface area contributed by atoms with Gasteiger partial charge in [-0.3, -0.25) is 4.79 Å². The molecule has 0 radical (unpaired) electrons. The lowest BCUT2D eigenvalue weighted by Crippen LogP contribution is -2.18. The molecule has 0 amide bonds. The van der Waals surface area contributed by atoms with E-state index in [0.29, 0.717) is 11.1 Å². The number of ether oxygens (including phenoxy) is 3. The SMILES string of the molecule is C=C(C(=O)OCC)C(O)c1ccccc1.C=C(C(=O)OCC)C(OC(C)=O)c1ccccc1. The number of hydrogen-bond acceptors (Lipinski definition) is 7. The number of rotatable bonds is 9. The van der Waals surface area contributed by atoms with Gasteiger partial charge in [0.2, 0.25) is 0 Å². The second-order valence-corrected chi connectivity index (χ2v) is 6.70. The van der Waals surface area contributed by atoms with Gasteiger partial charge in [0.1, 0.15) is 6.10 Å². The molecule has 2 rings (SSSR count). The smallest absolute Gasteiger partial charge is 0.337 e. The minimum absolute atomic E-state index is 0.0584. The Morgan fingerprint density at radius 2 is 1.21 bits per heavy atom. The molecule has 1 N–H and O–H groups in total. The minimum Gasteiger partial charge on any atom is -0.463 e. The van der Waals surface area contributed by atoms with E-state index >= 15 is 0 Å². The summed E-state index contributed by atoms with van der Waals surface area (Å²) in [6.07, 6.45) is -1.80. The lowest BCUT2D eigenvalue weighted by molar-refractivity contribution is -0.148. The van der Waals surface area contributed by atoms with Gasteiger partial charge >= 0.3 is 17.9 Å². The Balaban J connectivity index is 0.000000335. The third-order valence-corrected chi connectivity index (χ3v) is 4.22. The molecule has 0 aliphatic rings. The highest BCUT2D eigenvalue weighted by molar-refractivity contribution is 5.90. The Kier molecular flexibility index (Phi) is 11.9. The van der Waals surface area contributed by atoms with Gasteiger partial charge in [-0.1, -0.05) is 73.8 Å². The van der Waals surface area contributed by atoms with E-state index in [9.17, 15) is 19.5 Å². The molecule has 0 aliphatic heterocycles. The maximum atomic E-state index is 11.6. The van der Waals surface area contributed by atoms with Gasteiger partial charge in [-0.2, -0.15) is 0 Å². The monoisotopic (exact) mass is 454 g/mol. The van der Waals surface area contributed by atoms with Gasteiger partial charge in [-0.15, -0.1) is 0 Å². The summed E-state index contributed by atoms with van der Waals surface area (Å²) in [7, 11) is 0. The van der Waals surface area contributed by atoms with Crippen LogP contribution in [0.5, 0.6) is 0 Å². The molecule has 2 aromatic rings. The van der Waals surface area contributed by atoms with Gasteiger partial charge in [-0.05, 0) is 25.0 Å². The van der Waals surface area contributed by atoms with Crippen LogP contribution in [0.3, 0.4) is 0 Å². The molecule has 0 bridgehead atoms. The number of carbonyl (C=O) groups excluding carboxylic acids is 3. The quantitative estimate of drug-likeness (QED) is 0.343. The van der Waals surface area contributed by atoms with Crippen LogP contribution < -0.4 is 0 Å². The standard InChI is InChI=1S/C14H16O4.C12H14O3/c1-4-17-14(16)10(2)13(18-11(3)15)12-8-6-5-7-9-12;1-3-15-12(14)9(2)11(13)10-7-5-4-6-8-10/h5-9,13H,2,4H2,1,3H3;4-8,11,13H,2-3H2,1H3. The van der Waals surface area contributed by atoms with Crippen LogP contribution in [0, 0.1) is 0 Å². The molecule has 0 spiro atoms. The number of carbonyl (C=O) groups is 3. The van der Waals surface area contributed by atoms with Gasteiger partial charge < -0.3 is 19.3 Å². The largest absolute Gasteiger partial charge is 0.463 e. The molecule has 0 saturated heterocycles. The molecule has 2 atom stereocenters. The normalized spacial score (nSPS) is 11.6. The van der Waals surface area contributed by atoms with E-state index < -0.39 is 30.1 Å². The first kappa shape index (κ1) is 27.3. The van der Waals surface area contributed by atoms with Gasteiger partial charge in [-0.25, -0.2) is 9.59 Å². The van der Waals surface area contributed by atoms with E-state index in [-0.39, 0.29) is 24.4 Å². The maximum Gasteiger partial charge on any atom is 0.337 e. The van der Waals surface area contributed by atoms with E-state index in [2.05, 4.69) is 13.2 Å². The van der Waals surface area contributed by atoms with E-state index in [0.717, 1.165) is 0 Å². The van der Waals surface area contributed by atoms with Gasteiger partial charge in [0.25, 0.3) is 0 Å². The summed E-state index contributed by atoms with van der Waals surface area (Å²) >= 11 is 0. The predicted molar refractivity (Wildman–Crippen MR) is 124 cm³/mol. The molecule has 2 aromatic carbocycles. The van der Waals surface area contributed by atoms with Crippen molar-refractivity contribution in [3.63, 3.8) is 0 Å². The van der Waals surface area contributed by atoms with Crippen LogP contribution in [0.4, 0.5) is 0 Å². The predicted octanol–water partition coefficient (Wildman–Crippen LogP) is 4.25. The number of aliphatic hydroxyl groups excluding tert-OH is 1. The summed E-state index contributed by atoms with van der Waals surface area (Å²) < 4.78 is 14.7. The minimum atomic E-state index is -0.995. The lowest BCUT2D eigenvalue weighted by atomic mass is 10.0. The van der Waals surface area contributed by atoms with Crippen molar-refractivity contribution in [3.8, 4) is 0 Å². The third kappa shape index (κ3) is 9.13. The zero-order valence-electron chi connectivity index (χ0n) is 19.2. The van der Waals surface area contributed by atoms with Crippen molar-refractivity contribution in [2.75, 3.05) is 13.2 Å². The molecule has 7 heteroatoms. The van der Waals surface area contributed by atoms with E-state index in [1.54, 1.807) is 62.4 Å². The average molecular weight is 455 g/mol. The lowest BCUT2D eigenvalue weighted by Gasteiger charge is -2.18. The zero-order chi connectivity index (χ0) is 24.8. The number of esters is 3.